The first-order valence-electron chi connectivity index (χ1n) is 9.77. The molecule has 0 saturated heterocycles. The summed E-state index contributed by atoms with van der Waals surface area (Å²) < 4.78 is 6.73. The SMILES string of the molecule is CCN(CC)CCNCc1ccc(Br)cc1OCC(=O)NCc1ccccc1.Cl.Cl. The van der Waals surface area contributed by atoms with Crippen molar-refractivity contribution in [3.8, 4) is 5.75 Å². The Morgan fingerprint density at radius 1 is 1.03 bits per heavy atom. The number of halogens is 3. The topological polar surface area (TPSA) is 53.6 Å². The highest BCUT2D eigenvalue weighted by Crippen LogP contribution is 2.23. The molecule has 5 nitrogen and oxygen atoms in total. The molecule has 8 heteroatoms. The van der Waals surface area contributed by atoms with Gasteiger partial charge in [0.2, 0.25) is 0 Å². The molecule has 2 aromatic carbocycles. The zero-order valence-electron chi connectivity index (χ0n) is 17.5. The number of nitrogens with zero attached hydrogens (tertiary/aromatic N) is 1. The second-order valence-corrected chi connectivity index (χ2v) is 7.42. The van der Waals surface area contributed by atoms with Crippen LogP contribution < -0.4 is 15.4 Å². The standard InChI is InChI=1S/C22H30BrN3O2.2ClH/c1-3-26(4-2)13-12-24-16-19-10-11-20(23)14-21(19)28-17-22(27)25-15-18-8-6-5-7-9-18;;/h5-11,14,24H,3-4,12-13,15-17H2,1-2H3,(H,25,27);2*1H. The van der Waals surface area contributed by atoms with Crippen LogP contribution in [0, 0.1) is 0 Å². The van der Waals surface area contributed by atoms with Crippen LogP contribution in [-0.2, 0) is 17.9 Å². The lowest BCUT2D eigenvalue weighted by molar-refractivity contribution is -0.123. The van der Waals surface area contributed by atoms with E-state index in [0.717, 1.165) is 47.5 Å². The molecule has 0 atom stereocenters. The third kappa shape index (κ3) is 10.6. The van der Waals surface area contributed by atoms with Crippen LogP contribution in [0.5, 0.6) is 5.75 Å². The number of hydrogen-bond acceptors (Lipinski definition) is 4. The van der Waals surface area contributed by atoms with Gasteiger partial charge in [-0.15, -0.1) is 24.8 Å². The summed E-state index contributed by atoms with van der Waals surface area (Å²) in [5, 5.41) is 6.34. The molecule has 0 unspecified atom stereocenters. The number of likely N-dealkylation sites (N-methyl/N-ethyl adjacent to an activating group) is 1. The highest BCUT2D eigenvalue weighted by molar-refractivity contribution is 9.10. The minimum absolute atomic E-state index is 0. The largest absolute Gasteiger partial charge is 0.483 e. The van der Waals surface area contributed by atoms with Crippen LogP contribution in [0.25, 0.3) is 0 Å². The zero-order chi connectivity index (χ0) is 20.2. The van der Waals surface area contributed by atoms with Gasteiger partial charge in [-0.2, -0.15) is 0 Å². The van der Waals surface area contributed by atoms with Crippen molar-refractivity contribution < 1.29 is 9.53 Å². The van der Waals surface area contributed by atoms with Gasteiger partial charge in [0.05, 0.1) is 0 Å². The van der Waals surface area contributed by atoms with Gasteiger partial charge in [0.25, 0.3) is 5.91 Å². The second-order valence-electron chi connectivity index (χ2n) is 6.51. The minimum atomic E-state index is -0.135. The van der Waals surface area contributed by atoms with Crippen molar-refractivity contribution in [2.24, 2.45) is 0 Å². The molecule has 168 valence electrons. The van der Waals surface area contributed by atoms with Gasteiger partial charge < -0.3 is 20.3 Å². The van der Waals surface area contributed by atoms with E-state index in [4.69, 9.17) is 4.74 Å². The molecule has 30 heavy (non-hydrogen) atoms. The van der Waals surface area contributed by atoms with Crippen molar-refractivity contribution >= 4 is 46.7 Å². The van der Waals surface area contributed by atoms with Crippen molar-refractivity contribution in [2.75, 3.05) is 32.8 Å². The lowest BCUT2D eigenvalue weighted by Crippen LogP contribution is -2.32. The van der Waals surface area contributed by atoms with Crippen LogP contribution in [0.1, 0.15) is 25.0 Å². The summed E-state index contributed by atoms with van der Waals surface area (Å²) in [5.74, 6) is 0.587. The van der Waals surface area contributed by atoms with Crippen LogP contribution in [0.4, 0.5) is 0 Å². The van der Waals surface area contributed by atoms with Gasteiger partial charge in [-0.1, -0.05) is 66.2 Å². The number of hydrogen-bond donors (Lipinski definition) is 2. The Balaban J connectivity index is 0.00000420. The number of carbonyl (C=O) groups excluding carboxylic acids is 1. The third-order valence-electron chi connectivity index (χ3n) is 4.54. The minimum Gasteiger partial charge on any atom is -0.483 e. The fraction of sp³-hybridized carbons (Fsp3) is 0.409. The molecule has 0 bridgehead atoms. The average molecular weight is 521 g/mol. The molecule has 2 N–H and O–H groups in total. The molecule has 2 rings (SSSR count). The van der Waals surface area contributed by atoms with Crippen molar-refractivity contribution in [3.05, 3.63) is 64.1 Å². The fourth-order valence-electron chi connectivity index (χ4n) is 2.80. The number of rotatable bonds is 12. The first-order chi connectivity index (χ1) is 13.6. The molecular weight excluding hydrogens is 489 g/mol. The Labute approximate surface area is 200 Å². The lowest BCUT2D eigenvalue weighted by Gasteiger charge is -2.18. The summed E-state index contributed by atoms with van der Waals surface area (Å²) >= 11 is 3.48. The van der Waals surface area contributed by atoms with E-state index < -0.39 is 0 Å². The predicted octanol–water partition coefficient (Wildman–Crippen LogP) is 4.42. The molecule has 1 amide bonds. The summed E-state index contributed by atoms with van der Waals surface area (Å²) in [7, 11) is 0. The fourth-order valence-corrected chi connectivity index (χ4v) is 3.14. The van der Waals surface area contributed by atoms with Crippen molar-refractivity contribution in [2.45, 2.75) is 26.9 Å². The Hall–Kier alpha value is -1.31. The zero-order valence-corrected chi connectivity index (χ0v) is 20.7. The van der Waals surface area contributed by atoms with E-state index in [-0.39, 0.29) is 37.3 Å². The molecule has 0 aromatic heterocycles. The number of amides is 1. The number of carbonyl (C=O) groups is 1. The number of nitrogens with one attached hydrogen (secondary N) is 2. The second kappa shape index (κ2) is 16.4. The van der Waals surface area contributed by atoms with E-state index in [1.807, 2.05) is 48.5 Å². The maximum absolute atomic E-state index is 12.1. The quantitative estimate of drug-likeness (QED) is 0.407. The van der Waals surface area contributed by atoms with Gasteiger partial charge in [0.15, 0.2) is 6.61 Å². The van der Waals surface area contributed by atoms with E-state index in [0.29, 0.717) is 13.1 Å². The van der Waals surface area contributed by atoms with Gasteiger partial charge >= 0.3 is 0 Å². The van der Waals surface area contributed by atoms with E-state index in [1.54, 1.807) is 0 Å². The van der Waals surface area contributed by atoms with Gasteiger partial charge in [-0.3, -0.25) is 4.79 Å². The summed E-state index contributed by atoms with van der Waals surface area (Å²) in [6, 6.07) is 15.8. The van der Waals surface area contributed by atoms with Crippen molar-refractivity contribution in [3.63, 3.8) is 0 Å². The number of benzene rings is 2. The Bertz CT molecular complexity index is 732. The summed E-state index contributed by atoms with van der Waals surface area (Å²) in [5.41, 5.74) is 2.11. The summed E-state index contributed by atoms with van der Waals surface area (Å²) in [6.07, 6.45) is 0. The molecular formula is C22H32BrCl2N3O2. The van der Waals surface area contributed by atoms with Crippen molar-refractivity contribution in [1.29, 1.82) is 0 Å². The Kier molecular flexibility index (Phi) is 15.7. The smallest absolute Gasteiger partial charge is 0.258 e. The highest BCUT2D eigenvalue weighted by Gasteiger charge is 2.08. The molecule has 0 spiro atoms. The predicted molar refractivity (Wildman–Crippen MR) is 132 cm³/mol. The molecule has 0 saturated carbocycles. The van der Waals surface area contributed by atoms with Crippen LogP contribution in [0.2, 0.25) is 0 Å². The molecule has 0 fully saturated rings. The monoisotopic (exact) mass is 519 g/mol. The third-order valence-corrected chi connectivity index (χ3v) is 5.03. The van der Waals surface area contributed by atoms with Gasteiger partial charge in [0, 0.05) is 36.2 Å². The van der Waals surface area contributed by atoms with E-state index in [9.17, 15) is 4.79 Å². The molecule has 2 aromatic rings. The van der Waals surface area contributed by atoms with Gasteiger partial charge in [0.1, 0.15) is 5.75 Å². The maximum atomic E-state index is 12.1. The summed E-state index contributed by atoms with van der Waals surface area (Å²) in [4.78, 5) is 14.5. The van der Waals surface area contributed by atoms with Gasteiger partial charge in [-0.05, 0) is 30.8 Å². The molecule has 0 heterocycles. The average Bonchev–Trinajstić information content (AvgIpc) is 2.72. The lowest BCUT2D eigenvalue weighted by atomic mass is 10.2. The Morgan fingerprint density at radius 3 is 2.40 bits per heavy atom. The molecule has 0 aliphatic heterocycles. The van der Waals surface area contributed by atoms with Crippen LogP contribution in [0.3, 0.4) is 0 Å². The van der Waals surface area contributed by atoms with Crippen molar-refractivity contribution in [1.82, 2.24) is 15.5 Å². The summed E-state index contributed by atoms with van der Waals surface area (Å²) in [6.45, 7) is 9.59. The Morgan fingerprint density at radius 2 is 1.73 bits per heavy atom. The number of ether oxygens (including phenoxy) is 1. The van der Waals surface area contributed by atoms with Crippen LogP contribution >= 0.6 is 40.7 Å². The first-order valence-corrected chi connectivity index (χ1v) is 10.6. The molecule has 0 aliphatic rings. The molecule has 0 radical (unpaired) electrons. The van der Waals surface area contributed by atoms with Crippen LogP contribution in [-0.4, -0.2) is 43.6 Å². The van der Waals surface area contributed by atoms with Gasteiger partial charge in [-0.25, -0.2) is 0 Å². The normalized spacial score (nSPS) is 10.1. The van der Waals surface area contributed by atoms with E-state index >= 15 is 0 Å². The van der Waals surface area contributed by atoms with E-state index in [1.165, 1.54) is 0 Å². The van der Waals surface area contributed by atoms with E-state index in [2.05, 4.69) is 45.3 Å². The first kappa shape index (κ1) is 28.7. The highest BCUT2D eigenvalue weighted by atomic mass is 79.9. The maximum Gasteiger partial charge on any atom is 0.258 e. The molecule has 0 aliphatic carbocycles. The van der Waals surface area contributed by atoms with Crippen LogP contribution in [0.15, 0.2) is 53.0 Å².